The maximum absolute atomic E-state index is 7.46. The van der Waals surface area contributed by atoms with Crippen LogP contribution in [0.1, 0.15) is 17.0 Å². The maximum atomic E-state index is 7.46. The second-order valence-electron chi connectivity index (χ2n) is 3.39. The number of nitrogens with one attached hydrogen (secondary N) is 1. The van der Waals surface area contributed by atoms with Gasteiger partial charge in [0, 0.05) is 6.20 Å². The molecule has 0 amide bonds. The highest BCUT2D eigenvalue weighted by Crippen LogP contribution is 2.12. The zero-order valence-electron chi connectivity index (χ0n) is 8.20. The Morgan fingerprint density at radius 2 is 2.14 bits per heavy atom. The second-order valence-corrected chi connectivity index (χ2v) is 3.39. The molecule has 4 heteroatoms. The van der Waals surface area contributed by atoms with Crippen molar-refractivity contribution in [3.63, 3.8) is 0 Å². The van der Waals surface area contributed by atoms with E-state index in [2.05, 4.69) is 4.98 Å². The molecule has 0 radical (unpaired) electrons. The number of amidine groups is 1. The number of aromatic nitrogens is 2. The Bertz CT molecular complexity index is 510. The molecule has 0 saturated heterocycles. The van der Waals surface area contributed by atoms with Gasteiger partial charge in [-0.15, -0.1) is 0 Å². The zero-order chi connectivity index (χ0) is 10.3. The van der Waals surface area contributed by atoms with Gasteiger partial charge < -0.3 is 5.73 Å². The number of nitrogens with zero attached hydrogens (tertiary/aromatic N) is 2. The molecule has 4 nitrogen and oxygen atoms in total. The predicted octanol–water partition coefficient (Wildman–Crippen LogP) is 1.24. The lowest BCUT2D eigenvalue weighted by atomic mass is 10.3. The third-order valence-electron chi connectivity index (χ3n) is 2.20. The summed E-state index contributed by atoms with van der Waals surface area (Å²) < 4.78 is 1.85. The molecule has 2 heterocycles. The molecule has 2 aromatic heterocycles. The van der Waals surface area contributed by atoms with Crippen molar-refractivity contribution in [1.29, 1.82) is 5.41 Å². The van der Waals surface area contributed by atoms with Crippen molar-refractivity contribution >= 4 is 11.5 Å². The van der Waals surface area contributed by atoms with Crippen LogP contribution >= 0.6 is 0 Å². The van der Waals surface area contributed by atoms with Crippen LogP contribution in [0.5, 0.6) is 0 Å². The van der Waals surface area contributed by atoms with Gasteiger partial charge in [-0.25, -0.2) is 4.98 Å². The Morgan fingerprint density at radius 1 is 1.43 bits per heavy atom. The molecular weight excluding hydrogens is 176 g/mol. The van der Waals surface area contributed by atoms with E-state index in [9.17, 15) is 0 Å². The molecule has 2 rings (SSSR count). The summed E-state index contributed by atoms with van der Waals surface area (Å²) in [6.07, 6.45) is 1.94. The minimum Gasteiger partial charge on any atom is -0.382 e. The molecule has 0 bridgehead atoms. The van der Waals surface area contributed by atoms with Crippen molar-refractivity contribution < 1.29 is 0 Å². The van der Waals surface area contributed by atoms with Crippen molar-refractivity contribution in [3.05, 3.63) is 35.3 Å². The number of imidazole rings is 1. The molecule has 0 aromatic carbocycles. The minimum atomic E-state index is 0.0561. The molecule has 14 heavy (non-hydrogen) atoms. The Hall–Kier alpha value is -1.84. The van der Waals surface area contributed by atoms with Gasteiger partial charge in [0.05, 0.1) is 5.69 Å². The molecule has 0 spiro atoms. The molecule has 0 saturated carbocycles. The summed E-state index contributed by atoms with van der Waals surface area (Å²) >= 11 is 0. The molecule has 0 atom stereocenters. The first-order valence-corrected chi connectivity index (χ1v) is 4.39. The molecule has 2 aromatic rings. The molecule has 0 aliphatic rings. The SMILES string of the molecule is Cc1ccc2nc(C)c(C(=N)N)n2c1. The summed E-state index contributed by atoms with van der Waals surface area (Å²) in [6.45, 7) is 3.86. The summed E-state index contributed by atoms with van der Waals surface area (Å²) in [6, 6.07) is 3.92. The third-order valence-corrected chi connectivity index (χ3v) is 2.20. The van der Waals surface area contributed by atoms with Crippen LogP contribution in [0.4, 0.5) is 0 Å². The summed E-state index contributed by atoms with van der Waals surface area (Å²) in [5, 5.41) is 7.46. The fraction of sp³-hybridized carbons (Fsp3) is 0.200. The molecule has 0 fully saturated rings. The van der Waals surface area contributed by atoms with Crippen LogP contribution in [0.2, 0.25) is 0 Å². The fourth-order valence-electron chi connectivity index (χ4n) is 1.59. The topological polar surface area (TPSA) is 67.2 Å². The van der Waals surface area contributed by atoms with Crippen LogP contribution in [0.25, 0.3) is 5.65 Å². The van der Waals surface area contributed by atoms with Crippen LogP contribution < -0.4 is 5.73 Å². The first-order chi connectivity index (χ1) is 6.59. The predicted molar refractivity (Wildman–Crippen MR) is 55.7 cm³/mol. The molecule has 0 aliphatic heterocycles. The van der Waals surface area contributed by atoms with E-state index in [0.29, 0.717) is 5.69 Å². The van der Waals surface area contributed by atoms with E-state index in [1.165, 1.54) is 0 Å². The summed E-state index contributed by atoms with van der Waals surface area (Å²) in [4.78, 5) is 4.32. The smallest absolute Gasteiger partial charge is 0.142 e. The van der Waals surface area contributed by atoms with Gasteiger partial charge >= 0.3 is 0 Å². The highest BCUT2D eigenvalue weighted by molar-refractivity contribution is 5.95. The van der Waals surface area contributed by atoms with Gasteiger partial charge in [0.15, 0.2) is 0 Å². The molecule has 72 valence electrons. The quantitative estimate of drug-likeness (QED) is 0.522. The van der Waals surface area contributed by atoms with E-state index < -0.39 is 0 Å². The zero-order valence-corrected chi connectivity index (χ0v) is 8.20. The average molecular weight is 188 g/mol. The van der Waals surface area contributed by atoms with Crippen molar-refractivity contribution in [2.75, 3.05) is 0 Å². The van der Waals surface area contributed by atoms with Gasteiger partial charge in [-0.05, 0) is 25.5 Å². The highest BCUT2D eigenvalue weighted by Gasteiger charge is 2.10. The molecular formula is C10H12N4. The monoisotopic (exact) mass is 188 g/mol. The lowest BCUT2D eigenvalue weighted by Gasteiger charge is -2.00. The first-order valence-electron chi connectivity index (χ1n) is 4.39. The normalized spacial score (nSPS) is 10.7. The number of pyridine rings is 1. The van der Waals surface area contributed by atoms with Crippen molar-refractivity contribution in [1.82, 2.24) is 9.38 Å². The Morgan fingerprint density at radius 3 is 2.79 bits per heavy atom. The maximum Gasteiger partial charge on any atom is 0.142 e. The minimum absolute atomic E-state index is 0.0561. The number of nitrogens with two attached hydrogens (primary N) is 1. The summed E-state index contributed by atoms with van der Waals surface area (Å²) in [5.74, 6) is 0.0561. The number of aryl methyl sites for hydroxylation is 2. The molecule has 3 N–H and O–H groups in total. The van der Waals surface area contributed by atoms with Gasteiger partial charge in [-0.2, -0.15) is 0 Å². The lowest BCUT2D eigenvalue weighted by Crippen LogP contribution is -2.15. The van der Waals surface area contributed by atoms with E-state index in [1.807, 2.05) is 36.6 Å². The van der Waals surface area contributed by atoms with Crippen LogP contribution in [-0.4, -0.2) is 15.2 Å². The van der Waals surface area contributed by atoms with E-state index in [4.69, 9.17) is 11.1 Å². The lowest BCUT2D eigenvalue weighted by molar-refractivity contribution is 1.12. The Kier molecular flexibility index (Phi) is 1.77. The van der Waals surface area contributed by atoms with Gasteiger partial charge in [0.2, 0.25) is 0 Å². The number of rotatable bonds is 1. The van der Waals surface area contributed by atoms with Crippen molar-refractivity contribution in [3.8, 4) is 0 Å². The van der Waals surface area contributed by atoms with E-state index >= 15 is 0 Å². The van der Waals surface area contributed by atoms with Gasteiger partial charge in [0.25, 0.3) is 0 Å². The van der Waals surface area contributed by atoms with E-state index in [-0.39, 0.29) is 5.84 Å². The second kappa shape index (κ2) is 2.83. The average Bonchev–Trinajstić information content (AvgIpc) is 2.40. The summed E-state index contributed by atoms with van der Waals surface area (Å²) in [5.41, 5.74) is 8.93. The van der Waals surface area contributed by atoms with E-state index in [1.54, 1.807) is 0 Å². The number of hydrogen-bond acceptors (Lipinski definition) is 2. The van der Waals surface area contributed by atoms with Crippen molar-refractivity contribution in [2.24, 2.45) is 5.73 Å². The van der Waals surface area contributed by atoms with Crippen molar-refractivity contribution in [2.45, 2.75) is 13.8 Å². The van der Waals surface area contributed by atoms with Gasteiger partial charge in [-0.3, -0.25) is 9.81 Å². The van der Waals surface area contributed by atoms with Crippen LogP contribution in [0.15, 0.2) is 18.3 Å². The van der Waals surface area contributed by atoms with E-state index in [0.717, 1.165) is 16.9 Å². The summed E-state index contributed by atoms with van der Waals surface area (Å²) in [7, 11) is 0. The van der Waals surface area contributed by atoms with Crippen LogP contribution in [0.3, 0.4) is 0 Å². The Labute approximate surface area is 81.9 Å². The standard InChI is InChI=1S/C10H12N4/c1-6-3-4-8-13-7(2)9(10(11)12)14(8)5-6/h3-5H,1-2H3,(H3,11,12). The Balaban J connectivity index is 2.86. The van der Waals surface area contributed by atoms with Crippen LogP contribution in [-0.2, 0) is 0 Å². The number of hydrogen-bond donors (Lipinski definition) is 2. The van der Waals surface area contributed by atoms with Crippen LogP contribution in [0, 0.1) is 19.3 Å². The number of nitrogen functional groups attached to an aromatic ring is 1. The first kappa shape index (κ1) is 8.74. The third kappa shape index (κ3) is 1.16. The van der Waals surface area contributed by atoms with Gasteiger partial charge in [-0.1, -0.05) is 6.07 Å². The fourth-order valence-corrected chi connectivity index (χ4v) is 1.59. The molecule has 0 aliphatic carbocycles. The highest BCUT2D eigenvalue weighted by atomic mass is 15.0. The van der Waals surface area contributed by atoms with Gasteiger partial charge in [0.1, 0.15) is 17.2 Å². The number of fused-ring (bicyclic) bond motifs is 1. The molecule has 0 unspecified atom stereocenters. The largest absolute Gasteiger partial charge is 0.382 e.